The molecule has 0 unspecified atom stereocenters. The number of aryl methyl sites for hydroxylation is 2. The first-order valence-corrected chi connectivity index (χ1v) is 8.17. The molecule has 0 saturated heterocycles. The molecule has 4 nitrogen and oxygen atoms in total. The number of ether oxygens (including phenoxy) is 1. The fourth-order valence-corrected chi connectivity index (χ4v) is 3.15. The molecule has 22 heavy (non-hydrogen) atoms. The van der Waals surface area contributed by atoms with Gasteiger partial charge in [-0.3, -0.25) is 4.98 Å². The summed E-state index contributed by atoms with van der Waals surface area (Å²) in [5.74, 6) is 0.581. The highest BCUT2D eigenvalue weighted by Gasteiger charge is 2.25. The molecular weight excluding hydrogens is 276 g/mol. The van der Waals surface area contributed by atoms with E-state index in [2.05, 4.69) is 22.4 Å². The number of pyridine rings is 1. The van der Waals surface area contributed by atoms with Crippen LogP contribution in [0.2, 0.25) is 0 Å². The molecular formula is C18H28N2O2. The molecule has 1 aliphatic carbocycles. The van der Waals surface area contributed by atoms with Gasteiger partial charge in [0.1, 0.15) is 5.60 Å². The second-order valence-corrected chi connectivity index (χ2v) is 7.38. The molecule has 4 heteroatoms. The zero-order valence-corrected chi connectivity index (χ0v) is 14.4. The molecule has 1 fully saturated rings. The lowest BCUT2D eigenvalue weighted by Gasteiger charge is -2.30. The van der Waals surface area contributed by atoms with Crippen molar-refractivity contribution in [2.45, 2.75) is 77.9 Å². The Morgan fingerprint density at radius 2 is 1.68 bits per heavy atom. The Bertz CT molecular complexity index is 506. The molecule has 0 atom stereocenters. The Kier molecular flexibility index (Phi) is 5.09. The summed E-state index contributed by atoms with van der Waals surface area (Å²) in [5, 5.41) is 3.00. The number of alkyl carbamates (subject to hydrolysis) is 1. The molecule has 0 aliphatic heterocycles. The first-order chi connectivity index (χ1) is 10.2. The van der Waals surface area contributed by atoms with Crippen molar-refractivity contribution in [3.05, 3.63) is 29.1 Å². The third kappa shape index (κ3) is 5.00. The highest BCUT2D eigenvalue weighted by Crippen LogP contribution is 2.33. The summed E-state index contributed by atoms with van der Waals surface area (Å²) in [4.78, 5) is 16.3. The molecule has 0 radical (unpaired) electrons. The highest BCUT2D eigenvalue weighted by atomic mass is 16.6. The van der Waals surface area contributed by atoms with Crippen LogP contribution >= 0.6 is 0 Å². The smallest absolute Gasteiger partial charge is 0.407 e. The molecule has 1 saturated carbocycles. The Balaban J connectivity index is 1.86. The number of amides is 1. The van der Waals surface area contributed by atoms with Crippen LogP contribution in [0.4, 0.5) is 4.79 Å². The molecule has 1 amide bonds. The van der Waals surface area contributed by atoms with Crippen molar-refractivity contribution >= 4 is 6.09 Å². The van der Waals surface area contributed by atoms with Gasteiger partial charge in [0.25, 0.3) is 0 Å². The zero-order chi connectivity index (χ0) is 16.3. The average molecular weight is 304 g/mol. The Labute approximate surface area is 133 Å². The maximum absolute atomic E-state index is 11.8. The van der Waals surface area contributed by atoms with E-state index in [0.717, 1.165) is 37.1 Å². The van der Waals surface area contributed by atoms with Crippen LogP contribution in [-0.4, -0.2) is 22.7 Å². The van der Waals surface area contributed by atoms with Gasteiger partial charge in [-0.25, -0.2) is 4.79 Å². The molecule has 0 aromatic carbocycles. The van der Waals surface area contributed by atoms with Crippen molar-refractivity contribution in [3.8, 4) is 0 Å². The molecule has 0 bridgehead atoms. The van der Waals surface area contributed by atoms with Crippen LogP contribution < -0.4 is 5.32 Å². The lowest BCUT2D eigenvalue weighted by molar-refractivity contribution is 0.0491. The van der Waals surface area contributed by atoms with Crippen LogP contribution in [0.3, 0.4) is 0 Å². The molecule has 122 valence electrons. The van der Waals surface area contributed by atoms with E-state index in [9.17, 15) is 4.79 Å². The van der Waals surface area contributed by atoms with Gasteiger partial charge in [0.2, 0.25) is 0 Å². The molecule has 0 spiro atoms. The summed E-state index contributed by atoms with van der Waals surface area (Å²) < 4.78 is 5.33. The van der Waals surface area contributed by atoms with Crippen molar-refractivity contribution in [3.63, 3.8) is 0 Å². The Hall–Kier alpha value is -1.58. The van der Waals surface area contributed by atoms with Crippen molar-refractivity contribution in [2.75, 3.05) is 0 Å². The third-order valence-electron chi connectivity index (χ3n) is 4.02. The molecule has 1 N–H and O–H groups in total. The number of carbonyl (C=O) groups is 1. The molecule has 2 rings (SSSR count). The second-order valence-electron chi connectivity index (χ2n) is 7.38. The fraction of sp³-hybridized carbons (Fsp3) is 0.667. The summed E-state index contributed by atoms with van der Waals surface area (Å²) >= 11 is 0. The van der Waals surface area contributed by atoms with Crippen LogP contribution in [-0.2, 0) is 4.74 Å². The number of carbonyl (C=O) groups excluding carboxylic acids is 1. The largest absolute Gasteiger partial charge is 0.444 e. The van der Waals surface area contributed by atoms with Gasteiger partial charge in [0.05, 0.1) is 0 Å². The first-order valence-electron chi connectivity index (χ1n) is 8.17. The van der Waals surface area contributed by atoms with E-state index in [1.165, 1.54) is 5.56 Å². The van der Waals surface area contributed by atoms with Crippen molar-refractivity contribution in [1.82, 2.24) is 10.3 Å². The van der Waals surface area contributed by atoms with Crippen LogP contribution in [0.25, 0.3) is 0 Å². The van der Waals surface area contributed by atoms with Crippen LogP contribution in [0.15, 0.2) is 12.1 Å². The Morgan fingerprint density at radius 1 is 1.14 bits per heavy atom. The highest BCUT2D eigenvalue weighted by molar-refractivity contribution is 5.68. The van der Waals surface area contributed by atoms with Crippen molar-refractivity contribution in [2.24, 2.45) is 0 Å². The minimum absolute atomic E-state index is 0.232. The monoisotopic (exact) mass is 304 g/mol. The van der Waals surface area contributed by atoms with E-state index in [0.29, 0.717) is 5.92 Å². The van der Waals surface area contributed by atoms with Gasteiger partial charge in [-0.1, -0.05) is 0 Å². The van der Waals surface area contributed by atoms with Gasteiger partial charge >= 0.3 is 6.09 Å². The first kappa shape index (κ1) is 16.8. The summed E-state index contributed by atoms with van der Waals surface area (Å²) in [6.45, 7) is 9.76. The number of rotatable bonds is 2. The van der Waals surface area contributed by atoms with Crippen molar-refractivity contribution < 1.29 is 9.53 Å². The zero-order valence-electron chi connectivity index (χ0n) is 14.4. The third-order valence-corrected chi connectivity index (χ3v) is 4.02. The minimum atomic E-state index is -0.437. The van der Waals surface area contributed by atoms with Crippen molar-refractivity contribution in [1.29, 1.82) is 0 Å². The van der Waals surface area contributed by atoms with E-state index in [-0.39, 0.29) is 12.1 Å². The number of aromatic nitrogens is 1. The number of nitrogens with one attached hydrogen (secondary N) is 1. The number of nitrogens with zero attached hydrogens (tertiary/aromatic N) is 1. The van der Waals surface area contributed by atoms with Gasteiger partial charge < -0.3 is 10.1 Å². The van der Waals surface area contributed by atoms with Crippen LogP contribution in [0.1, 0.15) is 69.3 Å². The normalized spacial score (nSPS) is 22.2. The lowest BCUT2D eigenvalue weighted by Crippen LogP contribution is -2.40. The van der Waals surface area contributed by atoms with Gasteiger partial charge in [0.15, 0.2) is 0 Å². The lowest BCUT2D eigenvalue weighted by atomic mass is 9.81. The average Bonchev–Trinajstić information content (AvgIpc) is 2.36. The van der Waals surface area contributed by atoms with E-state index in [1.807, 2.05) is 34.6 Å². The predicted octanol–water partition coefficient (Wildman–Crippen LogP) is 4.25. The van der Waals surface area contributed by atoms with E-state index < -0.39 is 5.60 Å². The maximum atomic E-state index is 11.8. The van der Waals surface area contributed by atoms with Gasteiger partial charge in [-0.05, 0) is 83.9 Å². The molecule has 1 aromatic heterocycles. The van der Waals surface area contributed by atoms with Gasteiger partial charge in [-0.15, -0.1) is 0 Å². The van der Waals surface area contributed by atoms with Crippen LogP contribution in [0.5, 0.6) is 0 Å². The fourth-order valence-electron chi connectivity index (χ4n) is 3.15. The topological polar surface area (TPSA) is 51.2 Å². The SMILES string of the molecule is Cc1cc(C2CCC(NC(=O)OC(C)(C)C)CC2)cc(C)n1. The van der Waals surface area contributed by atoms with Crippen LogP contribution in [0, 0.1) is 13.8 Å². The number of hydrogen-bond acceptors (Lipinski definition) is 3. The summed E-state index contributed by atoms with van der Waals surface area (Å²) in [6.07, 6.45) is 3.91. The van der Waals surface area contributed by atoms with E-state index in [4.69, 9.17) is 4.74 Å². The predicted molar refractivity (Wildman–Crippen MR) is 88.1 cm³/mol. The van der Waals surface area contributed by atoms with Gasteiger partial charge in [0, 0.05) is 17.4 Å². The second kappa shape index (κ2) is 6.67. The van der Waals surface area contributed by atoms with Gasteiger partial charge in [-0.2, -0.15) is 0 Å². The number of hydrogen-bond donors (Lipinski definition) is 1. The minimum Gasteiger partial charge on any atom is -0.444 e. The molecule has 1 heterocycles. The quantitative estimate of drug-likeness (QED) is 0.888. The van der Waals surface area contributed by atoms with E-state index in [1.54, 1.807) is 0 Å². The van der Waals surface area contributed by atoms with E-state index >= 15 is 0 Å². The summed E-state index contributed by atoms with van der Waals surface area (Å²) in [5.41, 5.74) is 3.13. The maximum Gasteiger partial charge on any atom is 0.407 e. The standard InChI is InChI=1S/C18H28N2O2/c1-12-10-15(11-13(2)19-12)14-6-8-16(9-7-14)20-17(21)22-18(3,4)5/h10-11,14,16H,6-9H2,1-5H3,(H,20,21). The Morgan fingerprint density at radius 3 is 2.18 bits per heavy atom. The molecule has 1 aliphatic rings. The molecule has 1 aromatic rings. The summed E-state index contributed by atoms with van der Waals surface area (Å²) in [6, 6.07) is 4.62. The summed E-state index contributed by atoms with van der Waals surface area (Å²) in [7, 11) is 0.